The SMILES string of the molecule is CCN(C(=O)CN1CCCCC1(C)C(=O)O)C1CC1. The van der Waals surface area contributed by atoms with E-state index in [0.29, 0.717) is 19.0 Å². The van der Waals surface area contributed by atoms with Crippen LogP contribution in [0.25, 0.3) is 0 Å². The lowest BCUT2D eigenvalue weighted by molar-refractivity contribution is -0.154. The van der Waals surface area contributed by atoms with E-state index in [1.165, 1.54) is 0 Å². The van der Waals surface area contributed by atoms with Gasteiger partial charge in [0.25, 0.3) is 0 Å². The second-order valence-corrected chi connectivity index (χ2v) is 5.87. The number of piperidine rings is 1. The summed E-state index contributed by atoms with van der Waals surface area (Å²) in [5, 5.41) is 9.43. The van der Waals surface area contributed by atoms with Crippen LogP contribution in [0.1, 0.15) is 46.0 Å². The molecule has 1 aliphatic carbocycles. The predicted octanol–water partition coefficient (Wildman–Crippen LogP) is 1.33. The third-order valence-corrected chi connectivity index (χ3v) is 4.48. The highest BCUT2D eigenvalue weighted by Gasteiger charge is 2.43. The van der Waals surface area contributed by atoms with E-state index in [0.717, 1.165) is 32.2 Å². The molecule has 1 amide bonds. The number of carboxylic acids is 1. The van der Waals surface area contributed by atoms with Gasteiger partial charge in [-0.15, -0.1) is 0 Å². The van der Waals surface area contributed by atoms with Crippen LogP contribution in [0.3, 0.4) is 0 Å². The summed E-state index contributed by atoms with van der Waals surface area (Å²) in [4.78, 5) is 27.6. The van der Waals surface area contributed by atoms with Gasteiger partial charge < -0.3 is 10.0 Å². The van der Waals surface area contributed by atoms with Gasteiger partial charge in [0.05, 0.1) is 6.54 Å². The maximum absolute atomic E-state index is 12.3. The van der Waals surface area contributed by atoms with Gasteiger partial charge >= 0.3 is 5.97 Å². The Morgan fingerprint density at radius 1 is 1.37 bits per heavy atom. The number of carboxylic acid groups (broad SMARTS) is 1. The van der Waals surface area contributed by atoms with Gasteiger partial charge in [-0.1, -0.05) is 0 Å². The van der Waals surface area contributed by atoms with Crippen LogP contribution in [-0.4, -0.2) is 58.0 Å². The third kappa shape index (κ3) is 2.91. The number of hydrogen-bond acceptors (Lipinski definition) is 3. The van der Waals surface area contributed by atoms with Crippen molar-refractivity contribution in [3.8, 4) is 0 Å². The van der Waals surface area contributed by atoms with Crippen LogP contribution in [0.15, 0.2) is 0 Å². The van der Waals surface area contributed by atoms with Gasteiger partial charge in [0.2, 0.25) is 5.91 Å². The molecule has 0 aromatic heterocycles. The zero-order valence-corrected chi connectivity index (χ0v) is 11.9. The summed E-state index contributed by atoms with van der Waals surface area (Å²) in [7, 11) is 0. The van der Waals surface area contributed by atoms with Crippen LogP contribution in [0.2, 0.25) is 0 Å². The molecule has 5 nitrogen and oxygen atoms in total. The lowest BCUT2D eigenvalue weighted by Gasteiger charge is -2.41. The Labute approximate surface area is 114 Å². The number of hydrogen-bond donors (Lipinski definition) is 1. The summed E-state index contributed by atoms with van der Waals surface area (Å²) in [6.45, 7) is 5.41. The van der Waals surface area contributed by atoms with Crippen molar-refractivity contribution in [1.29, 1.82) is 0 Å². The van der Waals surface area contributed by atoms with E-state index in [4.69, 9.17) is 0 Å². The van der Waals surface area contributed by atoms with E-state index in [9.17, 15) is 14.7 Å². The highest BCUT2D eigenvalue weighted by Crippen LogP contribution is 2.30. The molecule has 0 radical (unpaired) electrons. The maximum Gasteiger partial charge on any atom is 0.323 e. The minimum Gasteiger partial charge on any atom is -0.480 e. The second kappa shape index (κ2) is 5.49. The molecular weight excluding hydrogens is 244 g/mol. The van der Waals surface area contributed by atoms with Crippen molar-refractivity contribution in [2.24, 2.45) is 0 Å². The number of amides is 1. The minimum absolute atomic E-state index is 0.0828. The van der Waals surface area contributed by atoms with Gasteiger partial charge in [-0.25, -0.2) is 0 Å². The monoisotopic (exact) mass is 268 g/mol. The zero-order valence-electron chi connectivity index (χ0n) is 11.9. The average molecular weight is 268 g/mol. The zero-order chi connectivity index (χ0) is 14.0. The van der Waals surface area contributed by atoms with Gasteiger partial charge in [-0.05, 0) is 52.5 Å². The van der Waals surface area contributed by atoms with E-state index in [-0.39, 0.29) is 12.5 Å². The Bertz CT molecular complexity index is 368. The fourth-order valence-electron chi connectivity index (χ4n) is 2.95. The van der Waals surface area contributed by atoms with Gasteiger partial charge in [-0.2, -0.15) is 0 Å². The van der Waals surface area contributed by atoms with Crippen molar-refractivity contribution >= 4 is 11.9 Å². The van der Waals surface area contributed by atoms with Gasteiger partial charge in [0.1, 0.15) is 5.54 Å². The number of nitrogens with zero attached hydrogens (tertiary/aromatic N) is 2. The Balaban J connectivity index is 2.02. The minimum atomic E-state index is -0.878. The van der Waals surface area contributed by atoms with Crippen LogP contribution >= 0.6 is 0 Å². The summed E-state index contributed by atoms with van der Waals surface area (Å²) >= 11 is 0. The summed E-state index contributed by atoms with van der Waals surface area (Å²) in [5.74, 6) is -0.728. The van der Waals surface area contributed by atoms with Crippen LogP contribution < -0.4 is 0 Å². The van der Waals surface area contributed by atoms with Crippen molar-refractivity contribution in [2.45, 2.75) is 57.5 Å². The molecule has 0 aromatic carbocycles. The van der Waals surface area contributed by atoms with E-state index >= 15 is 0 Å². The van der Waals surface area contributed by atoms with E-state index in [1.807, 2.05) is 16.7 Å². The van der Waals surface area contributed by atoms with Crippen LogP contribution in [-0.2, 0) is 9.59 Å². The molecule has 2 fully saturated rings. The molecule has 2 aliphatic rings. The molecule has 19 heavy (non-hydrogen) atoms. The summed E-state index contributed by atoms with van der Waals surface area (Å²) in [5.41, 5.74) is -0.878. The molecule has 1 N–H and O–H groups in total. The Morgan fingerprint density at radius 3 is 2.58 bits per heavy atom. The van der Waals surface area contributed by atoms with Gasteiger partial charge in [-0.3, -0.25) is 14.5 Å². The number of carbonyl (C=O) groups excluding carboxylic acids is 1. The fourth-order valence-corrected chi connectivity index (χ4v) is 2.95. The molecule has 0 spiro atoms. The second-order valence-electron chi connectivity index (χ2n) is 5.87. The highest BCUT2D eigenvalue weighted by molar-refractivity contribution is 5.82. The van der Waals surface area contributed by atoms with Crippen LogP contribution in [0.4, 0.5) is 0 Å². The van der Waals surface area contributed by atoms with Gasteiger partial charge in [0, 0.05) is 12.6 Å². The van der Waals surface area contributed by atoms with Crippen molar-refractivity contribution in [3.63, 3.8) is 0 Å². The first kappa shape index (κ1) is 14.3. The van der Waals surface area contributed by atoms with Crippen LogP contribution in [0, 0.1) is 0 Å². The van der Waals surface area contributed by atoms with Crippen molar-refractivity contribution in [3.05, 3.63) is 0 Å². The highest BCUT2D eigenvalue weighted by atomic mass is 16.4. The summed E-state index contributed by atoms with van der Waals surface area (Å²) in [6.07, 6.45) is 4.72. The standard InChI is InChI=1S/C14H24N2O3/c1-3-16(11-6-7-11)12(17)10-15-9-5-4-8-14(15,2)13(18)19/h11H,3-10H2,1-2H3,(H,18,19). The fraction of sp³-hybridized carbons (Fsp3) is 0.857. The van der Waals surface area contributed by atoms with Gasteiger partial charge in [0.15, 0.2) is 0 Å². The molecule has 0 aromatic rings. The predicted molar refractivity (Wildman–Crippen MR) is 71.9 cm³/mol. The smallest absolute Gasteiger partial charge is 0.323 e. The summed E-state index contributed by atoms with van der Waals surface area (Å²) < 4.78 is 0. The molecule has 1 atom stereocenters. The molecule has 0 bridgehead atoms. The number of carbonyl (C=O) groups is 2. The van der Waals surface area contributed by atoms with E-state index < -0.39 is 11.5 Å². The first-order chi connectivity index (χ1) is 8.99. The maximum atomic E-state index is 12.3. The van der Waals surface area contributed by atoms with Crippen LogP contribution in [0.5, 0.6) is 0 Å². The number of rotatable bonds is 5. The lowest BCUT2D eigenvalue weighted by Crippen LogP contribution is -2.58. The number of aliphatic carboxylic acids is 1. The average Bonchev–Trinajstić information content (AvgIpc) is 3.17. The number of likely N-dealkylation sites (N-methyl/N-ethyl adjacent to an activating group) is 1. The molecule has 2 rings (SSSR count). The van der Waals surface area contributed by atoms with E-state index in [2.05, 4.69) is 0 Å². The van der Waals surface area contributed by atoms with E-state index in [1.54, 1.807) is 6.92 Å². The third-order valence-electron chi connectivity index (χ3n) is 4.48. The topological polar surface area (TPSA) is 60.9 Å². The lowest BCUT2D eigenvalue weighted by atomic mass is 9.88. The normalized spacial score (nSPS) is 28.1. The van der Waals surface area contributed by atoms with Crippen molar-refractivity contribution < 1.29 is 14.7 Å². The first-order valence-electron chi connectivity index (χ1n) is 7.27. The first-order valence-corrected chi connectivity index (χ1v) is 7.27. The molecule has 1 saturated carbocycles. The molecular formula is C14H24N2O3. The molecule has 5 heteroatoms. The quantitative estimate of drug-likeness (QED) is 0.817. The largest absolute Gasteiger partial charge is 0.480 e. The Morgan fingerprint density at radius 2 is 2.05 bits per heavy atom. The molecule has 108 valence electrons. The molecule has 1 heterocycles. The Kier molecular flexibility index (Phi) is 4.13. The molecule has 1 aliphatic heterocycles. The summed E-state index contributed by atoms with van der Waals surface area (Å²) in [6, 6.07) is 0.401. The number of likely N-dealkylation sites (tertiary alicyclic amines) is 1. The molecule has 1 unspecified atom stereocenters. The Hall–Kier alpha value is -1.10. The van der Waals surface area contributed by atoms with Crippen molar-refractivity contribution in [1.82, 2.24) is 9.80 Å². The molecule has 1 saturated heterocycles. The van der Waals surface area contributed by atoms with Crippen molar-refractivity contribution in [2.75, 3.05) is 19.6 Å².